The van der Waals surface area contributed by atoms with Crippen molar-refractivity contribution < 1.29 is 23.5 Å². The maximum Gasteiger partial charge on any atom is 0.309 e. The molecule has 2 aromatic rings. The summed E-state index contributed by atoms with van der Waals surface area (Å²) in [5.74, 6) is -0.310. The molecule has 2 aromatic carbocycles. The molecule has 1 fully saturated rings. The first kappa shape index (κ1) is 18.9. The number of esters is 1. The number of methoxy groups -OCH3 is 1. The van der Waals surface area contributed by atoms with Gasteiger partial charge in [-0.3, -0.25) is 9.59 Å². The predicted octanol–water partition coefficient (Wildman–Crippen LogP) is 3.43. The highest BCUT2D eigenvalue weighted by Gasteiger charge is 2.29. The Balaban J connectivity index is 1.50. The van der Waals surface area contributed by atoms with E-state index in [4.69, 9.17) is 9.47 Å². The van der Waals surface area contributed by atoms with Crippen LogP contribution in [0.15, 0.2) is 48.5 Å². The number of piperidine rings is 1. The average Bonchev–Trinajstić information content (AvgIpc) is 2.72. The maximum absolute atomic E-state index is 13.0. The summed E-state index contributed by atoms with van der Waals surface area (Å²) in [6, 6.07) is 12.9. The lowest BCUT2D eigenvalue weighted by Gasteiger charge is -2.31. The molecule has 0 unspecified atom stereocenters. The van der Waals surface area contributed by atoms with Crippen LogP contribution >= 0.6 is 0 Å². The van der Waals surface area contributed by atoms with Gasteiger partial charge in [-0.15, -0.1) is 0 Å². The molecule has 142 valence electrons. The highest BCUT2D eigenvalue weighted by Crippen LogP contribution is 2.23. The van der Waals surface area contributed by atoms with Crippen molar-refractivity contribution >= 4 is 11.9 Å². The molecule has 3 rings (SSSR count). The van der Waals surface area contributed by atoms with E-state index in [1.807, 2.05) is 24.3 Å². The number of amides is 1. The van der Waals surface area contributed by atoms with E-state index in [1.54, 1.807) is 12.0 Å². The van der Waals surface area contributed by atoms with E-state index >= 15 is 0 Å². The highest BCUT2D eigenvalue weighted by atomic mass is 19.1. The van der Waals surface area contributed by atoms with E-state index in [-0.39, 0.29) is 30.2 Å². The second kappa shape index (κ2) is 8.66. The summed E-state index contributed by atoms with van der Waals surface area (Å²) in [6.07, 6.45) is 1.11. The SMILES string of the molecule is COc1ccccc1COC(=O)C1CCN(C(=O)c2ccc(F)cc2)CC1. The molecule has 1 heterocycles. The lowest BCUT2D eigenvalue weighted by Crippen LogP contribution is -2.40. The first-order valence-corrected chi connectivity index (χ1v) is 8.92. The molecule has 0 aliphatic carbocycles. The van der Waals surface area contributed by atoms with Gasteiger partial charge in [0.05, 0.1) is 13.0 Å². The minimum atomic E-state index is -0.372. The van der Waals surface area contributed by atoms with Gasteiger partial charge in [-0.1, -0.05) is 18.2 Å². The molecule has 0 N–H and O–H groups in total. The van der Waals surface area contributed by atoms with Gasteiger partial charge in [0.1, 0.15) is 18.2 Å². The third-order valence-electron chi connectivity index (χ3n) is 4.77. The summed E-state index contributed by atoms with van der Waals surface area (Å²) in [7, 11) is 1.58. The van der Waals surface area contributed by atoms with Crippen LogP contribution in [0, 0.1) is 11.7 Å². The Morgan fingerprint density at radius 3 is 2.41 bits per heavy atom. The first-order chi connectivity index (χ1) is 13.1. The first-order valence-electron chi connectivity index (χ1n) is 8.92. The minimum Gasteiger partial charge on any atom is -0.496 e. The number of nitrogens with zero attached hydrogens (tertiary/aromatic N) is 1. The molecule has 1 aliphatic heterocycles. The molecule has 0 aromatic heterocycles. The fourth-order valence-corrected chi connectivity index (χ4v) is 3.18. The van der Waals surface area contributed by atoms with E-state index in [9.17, 15) is 14.0 Å². The lowest BCUT2D eigenvalue weighted by molar-refractivity contribution is -0.151. The second-order valence-corrected chi connectivity index (χ2v) is 6.49. The van der Waals surface area contributed by atoms with Crippen molar-refractivity contribution in [2.75, 3.05) is 20.2 Å². The molecule has 1 aliphatic rings. The van der Waals surface area contributed by atoms with E-state index in [1.165, 1.54) is 24.3 Å². The molecular weight excluding hydrogens is 349 g/mol. The van der Waals surface area contributed by atoms with Gasteiger partial charge in [0.2, 0.25) is 0 Å². The van der Waals surface area contributed by atoms with Crippen molar-refractivity contribution in [3.63, 3.8) is 0 Å². The van der Waals surface area contributed by atoms with Crippen LogP contribution in [0.2, 0.25) is 0 Å². The number of carbonyl (C=O) groups excluding carboxylic acids is 2. The molecule has 1 saturated heterocycles. The summed E-state index contributed by atoms with van der Waals surface area (Å²) in [5.41, 5.74) is 1.27. The number of para-hydroxylation sites is 1. The molecule has 5 nitrogen and oxygen atoms in total. The summed E-state index contributed by atoms with van der Waals surface area (Å²) in [4.78, 5) is 26.5. The zero-order valence-electron chi connectivity index (χ0n) is 15.2. The number of likely N-dealkylation sites (tertiary alicyclic amines) is 1. The number of hydrogen-bond donors (Lipinski definition) is 0. The Bertz CT molecular complexity index is 798. The van der Waals surface area contributed by atoms with Crippen LogP contribution in [-0.2, 0) is 16.1 Å². The third-order valence-corrected chi connectivity index (χ3v) is 4.77. The summed E-state index contributed by atoms with van der Waals surface area (Å²) >= 11 is 0. The van der Waals surface area contributed by atoms with Gasteiger partial charge in [0.25, 0.3) is 5.91 Å². The fourth-order valence-electron chi connectivity index (χ4n) is 3.18. The Labute approximate surface area is 157 Å². The van der Waals surface area contributed by atoms with Crippen LogP contribution in [0.3, 0.4) is 0 Å². The van der Waals surface area contributed by atoms with Crippen molar-refractivity contribution in [1.29, 1.82) is 0 Å². The minimum absolute atomic E-state index is 0.143. The van der Waals surface area contributed by atoms with Crippen molar-refractivity contribution in [3.05, 3.63) is 65.5 Å². The smallest absolute Gasteiger partial charge is 0.309 e. The van der Waals surface area contributed by atoms with Gasteiger partial charge in [0.15, 0.2) is 0 Å². The molecule has 0 spiro atoms. The van der Waals surface area contributed by atoms with E-state index in [0.29, 0.717) is 37.2 Å². The fraction of sp³-hybridized carbons (Fsp3) is 0.333. The number of halogens is 1. The van der Waals surface area contributed by atoms with Crippen LogP contribution in [0.1, 0.15) is 28.8 Å². The van der Waals surface area contributed by atoms with E-state index < -0.39 is 0 Å². The molecule has 27 heavy (non-hydrogen) atoms. The number of rotatable bonds is 5. The largest absolute Gasteiger partial charge is 0.496 e. The normalized spacial score (nSPS) is 14.7. The maximum atomic E-state index is 13.0. The lowest BCUT2D eigenvalue weighted by atomic mass is 9.96. The molecule has 0 bridgehead atoms. The molecule has 1 amide bonds. The Kier molecular flexibility index (Phi) is 6.06. The number of hydrogen-bond acceptors (Lipinski definition) is 4. The van der Waals surface area contributed by atoms with Crippen LogP contribution in [0.25, 0.3) is 0 Å². The summed E-state index contributed by atoms with van der Waals surface area (Å²) in [6.45, 7) is 1.12. The van der Waals surface area contributed by atoms with Gasteiger partial charge in [-0.05, 0) is 43.2 Å². The van der Waals surface area contributed by atoms with Crippen LogP contribution in [0.5, 0.6) is 5.75 Å². The quantitative estimate of drug-likeness (QED) is 0.756. The van der Waals surface area contributed by atoms with Crippen molar-refractivity contribution in [1.82, 2.24) is 4.90 Å². The zero-order chi connectivity index (χ0) is 19.2. The van der Waals surface area contributed by atoms with Crippen molar-refractivity contribution in [3.8, 4) is 5.75 Å². The standard InChI is InChI=1S/C21H22FNO4/c1-26-19-5-3-2-4-17(19)14-27-21(25)16-10-12-23(13-11-16)20(24)15-6-8-18(22)9-7-15/h2-9,16H,10-14H2,1H3. The van der Waals surface area contributed by atoms with Gasteiger partial charge in [-0.25, -0.2) is 4.39 Å². The zero-order valence-corrected chi connectivity index (χ0v) is 15.2. The Morgan fingerprint density at radius 1 is 1.07 bits per heavy atom. The molecule has 0 radical (unpaired) electrons. The van der Waals surface area contributed by atoms with Gasteiger partial charge in [0, 0.05) is 24.2 Å². The van der Waals surface area contributed by atoms with E-state index in [2.05, 4.69) is 0 Å². The van der Waals surface area contributed by atoms with Gasteiger partial charge in [-0.2, -0.15) is 0 Å². The van der Waals surface area contributed by atoms with E-state index in [0.717, 1.165) is 5.56 Å². The monoisotopic (exact) mass is 371 g/mol. The number of ether oxygens (including phenoxy) is 2. The van der Waals surface area contributed by atoms with Gasteiger partial charge >= 0.3 is 5.97 Å². The topological polar surface area (TPSA) is 55.8 Å². The summed E-state index contributed by atoms with van der Waals surface area (Å²) in [5, 5.41) is 0. The van der Waals surface area contributed by atoms with Crippen LogP contribution in [-0.4, -0.2) is 37.0 Å². The second-order valence-electron chi connectivity index (χ2n) is 6.49. The van der Waals surface area contributed by atoms with Gasteiger partial charge < -0.3 is 14.4 Å². The predicted molar refractivity (Wildman–Crippen MR) is 97.8 cm³/mol. The summed E-state index contributed by atoms with van der Waals surface area (Å²) < 4.78 is 23.7. The van der Waals surface area contributed by atoms with Crippen molar-refractivity contribution in [2.24, 2.45) is 5.92 Å². The van der Waals surface area contributed by atoms with Crippen molar-refractivity contribution in [2.45, 2.75) is 19.4 Å². The third kappa shape index (κ3) is 4.64. The number of benzene rings is 2. The Morgan fingerprint density at radius 2 is 1.74 bits per heavy atom. The highest BCUT2D eigenvalue weighted by molar-refractivity contribution is 5.94. The molecule has 0 saturated carbocycles. The number of carbonyl (C=O) groups is 2. The molecular formula is C21H22FNO4. The Hall–Kier alpha value is -2.89. The average molecular weight is 371 g/mol. The molecule has 0 atom stereocenters. The molecule has 6 heteroatoms. The van der Waals surface area contributed by atoms with Crippen LogP contribution < -0.4 is 4.74 Å². The van der Waals surface area contributed by atoms with Crippen LogP contribution in [0.4, 0.5) is 4.39 Å².